The van der Waals surface area contributed by atoms with E-state index in [2.05, 4.69) is 10.3 Å². The molecule has 2 heterocycles. The average molecular weight is 357 g/mol. The van der Waals surface area contributed by atoms with Crippen molar-refractivity contribution in [3.05, 3.63) is 60.2 Å². The molecule has 6 nitrogen and oxygen atoms in total. The van der Waals surface area contributed by atoms with E-state index in [9.17, 15) is 14.0 Å². The molecule has 0 spiro atoms. The van der Waals surface area contributed by atoms with Crippen molar-refractivity contribution in [2.24, 2.45) is 0 Å². The molecule has 26 heavy (non-hydrogen) atoms. The Morgan fingerprint density at radius 1 is 1.27 bits per heavy atom. The van der Waals surface area contributed by atoms with Crippen molar-refractivity contribution in [1.29, 1.82) is 0 Å². The van der Waals surface area contributed by atoms with E-state index in [4.69, 9.17) is 4.74 Å². The third-order valence-corrected chi connectivity index (χ3v) is 4.09. The summed E-state index contributed by atoms with van der Waals surface area (Å²) in [6.45, 7) is 1.17. The molecule has 0 saturated carbocycles. The van der Waals surface area contributed by atoms with Gasteiger partial charge in [-0.25, -0.2) is 4.39 Å². The fourth-order valence-electron chi connectivity index (χ4n) is 2.84. The predicted octanol–water partition coefficient (Wildman–Crippen LogP) is 2.37. The maximum absolute atomic E-state index is 13.3. The van der Waals surface area contributed by atoms with Gasteiger partial charge in [-0.15, -0.1) is 0 Å². The summed E-state index contributed by atoms with van der Waals surface area (Å²) in [5.74, 6) is -2.00. The number of nitrogens with one attached hydrogen (secondary N) is 1. The molecule has 7 heteroatoms. The quantitative estimate of drug-likeness (QED) is 0.834. The maximum Gasteiger partial charge on any atom is 0.313 e. The van der Waals surface area contributed by atoms with E-state index in [1.807, 2.05) is 6.07 Å². The van der Waals surface area contributed by atoms with Gasteiger partial charge in [0.25, 0.3) is 0 Å². The molecule has 3 rings (SSSR count). The van der Waals surface area contributed by atoms with Crippen molar-refractivity contribution in [3.63, 3.8) is 0 Å². The Hall–Kier alpha value is -2.80. The molecule has 1 aliphatic heterocycles. The van der Waals surface area contributed by atoms with E-state index in [0.29, 0.717) is 18.8 Å². The van der Waals surface area contributed by atoms with Crippen molar-refractivity contribution in [1.82, 2.24) is 9.88 Å². The lowest BCUT2D eigenvalue weighted by Crippen LogP contribution is -2.43. The van der Waals surface area contributed by atoms with E-state index >= 15 is 0 Å². The summed E-state index contributed by atoms with van der Waals surface area (Å²) in [5, 5.41) is 2.44. The first-order valence-electron chi connectivity index (χ1n) is 8.49. The smallest absolute Gasteiger partial charge is 0.313 e. The largest absolute Gasteiger partial charge is 0.376 e. The van der Waals surface area contributed by atoms with Gasteiger partial charge in [0.15, 0.2) is 0 Å². The number of anilines is 1. The number of hydrogen-bond donors (Lipinski definition) is 1. The van der Waals surface area contributed by atoms with Crippen LogP contribution in [0.25, 0.3) is 0 Å². The first kappa shape index (κ1) is 18.0. The van der Waals surface area contributed by atoms with Gasteiger partial charge in [0.05, 0.1) is 18.3 Å². The van der Waals surface area contributed by atoms with Crippen LogP contribution in [0.3, 0.4) is 0 Å². The molecule has 1 saturated heterocycles. The fourth-order valence-corrected chi connectivity index (χ4v) is 2.84. The van der Waals surface area contributed by atoms with Gasteiger partial charge in [0, 0.05) is 25.0 Å². The summed E-state index contributed by atoms with van der Waals surface area (Å²) in [7, 11) is 0. The average Bonchev–Trinajstić information content (AvgIpc) is 3.14. The Kier molecular flexibility index (Phi) is 5.91. The number of amides is 2. The van der Waals surface area contributed by atoms with E-state index in [1.165, 1.54) is 23.1 Å². The number of carbonyl (C=O) groups excluding carboxylic acids is 2. The van der Waals surface area contributed by atoms with Crippen LogP contribution in [0, 0.1) is 5.82 Å². The van der Waals surface area contributed by atoms with Gasteiger partial charge >= 0.3 is 11.8 Å². The van der Waals surface area contributed by atoms with Crippen molar-refractivity contribution in [2.45, 2.75) is 25.5 Å². The first-order valence-corrected chi connectivity index (χ1v) is 8.49. The minimum absolute atomic E-state index is 0.0929. The fraction of sp³-hybridized carbons (Fsp3) is 0.316. The Labute approximate surface area is 151 Å². The van der Waals surface area contributed by atoms with Crippen molar-refractivity contribution < 1.29 is 18.7 Å². The van der Waals surface area contributed by atoms with E-state index in [-0.39, 0.29) is 18.3 Å². The van der Waals surface area contributed by atoms with Gasteiger partial charge in [-0.3, -0.25) is 14.6 Å². The monoisotopic (exact) mass is 357 g/mol. The Bertz CT molecular complexity index is 764. The second-order valence-corrected chi connectivity index (χ2v) is 6.11. The number of pyridine rings is 1. The molecule has 1 fully saturated rings. The van der Waals surface area contributed by atoms with E-state index in [0.717, 1.165) is 18.9 Å². The molecule has 1 aromatic carbocycles. The topological polar surface area (TPSA) is 71.5 Å². The predicted molar refractivity (Wildman–Crippen MR) is 93.7 cm³/mol. The summed E-state index contributed by atoms with van der Waals surface area (Å²) < 4.78 is 18.9. The normalized spacial score (nSPS) is 16.3. The summed E-state index contributed by atoms with van der Waals surface area (Å²) in [5.41, 5.74) is 0.913. The van der Waals surface area contributed by atoms with Crippen LogP contribution in [0.15, 0.2) is 48.7 Å². The van der Waals surface area contributed by atoms with E-state index < -0.39 is 17.6 Å². The number of carbonyl (C=O) groups is 2. The molecule has 136 valence electrons. The van der Waals surface area contributed by atoms with Crippen LogP contribution in [0.1, 0.15) is 18.5 Å². The Morgan fingerprint density at radius 2 is 2.15 bits per heavy atom. The molecular weight excluding hydrogens is 337 g/mol. The zero-order chi connectivity index (χ0) is 18.4. The van der Waals surface area contributed by atoms with Crippen molar-refractivity contribution >= 4 is 17.5 Å². The Morgan fingerprint density at radius 3 is 2.85 bits per heavy atom. The van der Waals surface area contributed by atoms with Gasteiger partial charge in [-0.2, -0.15) is 0 Å². The zero-order valence-electron chi connectivity index (χ0n) is 14.2. The molecular formula is C19H20FN3O3. The number of hydrogen-bond acceptors (Lipinski definition) is 4. The highest BCUT2D eigenvalue weighted by molar-refractivity contribution is 6.39. The lowest BCUT2D eigenvalue weighted by Gasteiger charge is -2.24. The lowest BCUT2D eigenvalue weighted by atomic mass is 10.2. The van der Waals surface area contributed by atoms with Crippen LogP contribution < -0.4 is 5.32 Å². The number of rotatable bonds is 5. The van der Waals surface area contributed by atoms with Crippen LogP contribution in [-0.4, -0.2) is 41.0 Å². The van der Waals surface area contributed by atoms with Crippen LogP contribution in [0.4, 0.5) is 10.1 Å². The SMILES string of the molecule is O=C(Nc1cccc(F)c1)C(=O)N(Cc1ccccn1)C[C@H]1CCCO1. The molecule has 1 aromatic heterocycles. The maximum atomic E-state index is 13.3. The number of halogens is 1. The number of ether oxygens (including phenoxy) is 1. The number of nitrogens with zero attached hydrogens (tertiary/aromatic N) is 2. The molecule has 1 atom stereocenters. The zero-order valence-corrected chi connectivity index (χ0v) is 14.2. The van der Waals surface area contributed by atoms with Crippen LogP contribution >= 0.6 is 0 Å². The highest BCUT2D eigenvalue weighted by Gasteiger charge is 2.27. The van der Waals surface area contributed by atoms with Gasteiger partial charge < -0.3 is 15.0 Å². The highest BCUT2D eigenvalue weighted by Crippen LogP contribution is 2.16. The number of benzene rings is 1. The molecule has 0 unspecified atom stereocenters. The molecule has 0 bridgehead atoms. The molecule has 1 N–H and O–H groups in total. The summed E-state index contributed by atoms with van der Waals surface area (Å²) >= 11 is 0. The first-order chi connectivity index (χ1) is 12.6. The molecule has 2 aromatic rings. The van der Waals surface area contributed by atoms with Crippen LogP contribution in [-0.2, 0) is 20.9 Å². The minimum atomic E-state index is -0.815. The molecule has 1 aliphatic rings. The number of aromatic nitrogens is 1. The lowest BCUT2D eigenvalue weighted by molar-refractivity contribution is -0.144. The van der Waals surface area contributed by atoms with Crippen molar-refractivity contribution in [3.8, 4) is 0 Å². The summed E-state index contributed by atoms with van der Waals surface area (Å²) in [6, 6.07) is 10.8. The summed E-state index contributed by atoms with van der Waals surface area (Å²) in [4.78, 5) is 30.6. The van der Waals surface area contributed by atoms with E-state index in [1.54, 1.807) is 18.3 Å². The molecule has 0 aliphatic carbocycles. The second-order valence-electron chi connectivity index (χ2n) is 6.11. The Balaban J connectivity index is 1.71. The third-order valence-electron chi connectivity index (χ3n) is 4.09. The highest BCUT2D eigenvalue weighted by atomic mass is 19.1. The molecule has 0 radical (unpaired) electrons. The van der Waals surface area contributed by atoms with Crippen LogP contribution in [0.5, 0.6) is 0 Å². The van der Waals surface area contributed by atoms with Gasteiger partial charge in [0.2, 0.25) is 0 Å². The van der Waals surface area contributed by atoms with Gasteiger partial charge in [0.1, 0.15) is 5.82 Å². The van der Waals surface area contributed by atoms with Gasteiger partial charge in [-0.1, -0.05) is 12.1 Å². The van der Waals surface area contributed by atoms with Crippen LogP contribution in [0.2, 0.25) is 0 Å². The molecule has 2 amide bonds. The second kappa shape index (κ2) is 8.53. The van der Waals surface area contributed by atoms with Gasteiger partial charge in [-0.05, 0) is 43.2 Å². The standard InChI is InChI=1S/C19H20FN3O3/c20-14-5-3-7-15(11-14)22-18(24)19(25)23(13-17-8-4-10-26-17)12-16-6-1-2-9-21-16/h1-3,5-7,9,11,17H,4,8,10,12-13H2,(H,22,24)/t17-/m1/s1. The summed E-state index contributed by atoms with van der Waals surface area (Å²) in [6.07, 6.45) is 3.32. The van der Waals surface area contributed by atoms with Crippen molar-refractivity contribution in [2.75, 3.05) is 18.5 Å². The third kappa shape index (κ3) is 4.86. The minimum Gasteiger partial charge on any atom is -0.376 e.